The van der Waals surface area contributed by atoms with Crippen molar-refractivity contribution in [2.45, 2.75) is 110 Å². The highest BCUT2D eigenvalue weighted by Crippen LogP contribution is 2.61. The minimum Gasteiger partial charge on any atom is -0.469 e. The molecule has 0 aromatic carbocycles. The second-order valence-electron chi connectivity index (χ2n) is 11.7. The molecule has 0 radical (unpaired) electrons. The zero-order valence-corrected chi connectivity index (χ0v) is 20.5. The van der Waals surface area contributed by atoms with Crippen LogP contribution in [0.4, 0.5) is 4.39 Å². The molecule has 0 amide bonds. The number of esters is 1. The van der Waals surface area contributed by atoms with Crippen LogP contribution in [0.15, 0.2) is 0 Å². The summed E-state index contributed by atoms with van der Waals surface area (Å²) in [7, 11) is 1.48. The van der Waals surface area contributed by atoms with Gasteiger partial charge in [0, 0.05) is 6.42 Å². The number of alkyl halides is 1. The Morgan fingerprint density at radius 1 is 1.23 bits per heavy atom. The molecule has 3 saturated carbocycles. The molecule has 3 nitrogen and oxygen atoms in total. The summed E-state index contributed by atoms with van der Waals surface area (Å²) >= 11 is 0. The highest BCUT2D eigenvalue weighted by Gasteiger charge is 2.55. The zero-order chi connectivity index (χ0) is 22.6. The number of unbranched alkanes of at least 4 members (excludes halogenated alkanes) is 1. The van der Waals surface area contributed by atoms with E-state index in [2.05, 4.69) is 20.8 Å². The van der Waals surface area contributed by atoms with E-state index in [1.165, 1.54) is 52.1 Å². The Kier molecular flexibility index (Phi) is 8.49. The van der Waals surface area contributed by atoms with Crippen molar-refractivity contribution in [2.75, 3.05) is 13.8 Å². The van der Waals surface area contributed by atoms with Crippen LogP contribution in [-0.4, -0.2) is 30.5 Å². The molecule has 1 N–H and O–H groups in total. The lowest BCUT2D eigenvalue weighted by Crippen LogP contribution is -2.53. The fraction of sp³-hybridized carbons (Fsp3) is 0.963. The van der Waals surface area contributed by atoms with Crippen LogP contribution in [-0.2, 0) is 9.53 Å². The van der Waals surface area contributed by atoms with Gasteiger partial charge in [-0.2, -0.15) is 0 Å². The Hall–Kier alpha value is -0.640. The van der Waals surface area contributed by atoms with Crippen molar-refractivity contribution in [3.05, 3.63) is 0 Å². The molecule has 0 aromatic rings. The van der Waals surface area contributed by atoms with E-state index in [1.807, 2.05) is 0 Å². The normalized spacial score (nSPS) is 41.5. The molecule has 4 heteroatoms. The lowest BCUT2D eigenvalue weighted by Gasteiger charge is -2.58. The monoisotopic (exact) mass is 438 g/mol. The Balaban J connectivity index is 1.67. The maximum atomic E-state index is 13.5. The summed E-state index contributed by atoms with van der Waals surface area (Å²) in [4.78, 5) is 11.6. The average Bonchev–Trinajstić information content (AvgIpc) is 3.26. The molecule has 0 aromatic heterocycles. The maximum Gasteiger partial charge on any atom is 0.305 e. The van der Waals surface area contributed by atoms with Crippen molar-refractivity contribution in [3.63, 3.8) is 0 Å². The number of methoxy groups -OCH3 is 1. The van der Waals surface area contributed by atoms with Gasteiger partial charge in [-0.25, -0.2) is 4.39 Å². The summed E-state index contributed by atoms with van der Waals surface area (Å²) < 4.78 is 18.4. The molecule has 3 rings (SSSR count). The van der Waals surface area contributed by atoms with Gasteiger partial charge in [-0.3, -0.25) is 4.79 Å². The van der Waals surface area contributed by atoms with Crippen LogP contribution in [0.3, 0.4) is 0 Å². The van der Waals surface area contributed by atoms with Gasteiger partial charge in [0.1, 0.15) is 6.67 Å². The maximum absolute atomic E-state index is 13.5. The first-order valence-electron chi connectivity index (χ1n) is 13.1. The highest BCUT2D eigenvalue weighted by atomic mass is 19.1. The lowest BCUT2D eigenvalue weighted by atomic mass is 9.48. The lowest BCUT2D eigenvalue weighted by molar-refractivity contribution is -0.141. The molecule has 8 atom stereocenters. The fourth-order valence-electron chi connectivity index (χ4n) is 7.80. The van der Waals surface area contributed by atoms with E-state index in [9.17, 15) is 14.3 Å². The summed E-state index contributed by atoms with van der Waals surface area (Å²) in [6.07, 6.45) is 13.9. The first kappa shape index (κ1) is 25.0. The molecule has 0 spiro atoms. The van der Waals surface area contributed by atoms with Gasteiger partial charge in [-0.1, -0.05) is 33.6 Å². The van der Waals surface area contributed by atoms with Crippen molar-refractivity contribution in [2.24, 2.45) is 40.9 Å². The Morgan fingerprint density at radius 3 is 2.68 bits per heavy atom. The predicted molar refractivity (Wildman–Crippen MR) is 123 cm³/mol. The quantitative estimate of drug-likeness (QED) is 0.407. The molecular weight excluding hydrogens is 391 g/mol. The Labute approximate surface area is 189 Å². The second-order valence-corrected chi connectivity index (χ2v) is 11.7. The molecular formula is C27H47FO3. The third-order valence-corrected chi connectivity index (χ3v) is 9.97. The molecule has 8 unspecified atom stereocenters. The number of ether oxygens (including phenoxy) is 1. The molecule has 3 aliphatic carbocycles. The van der Waals surface area contributed by atoms with Crippen molar-refractivity contribution < 1.29 is 19.0 Å². The van der Waals surface area contributed by atoms with E-state index < -0.39 is 12.3 Å². The van der Waals surface area contributed by atoms with Gasteiger partial charge < -0.3 is 9.84 Å². The van der Waals surface area contributed by atoms with Crippen molar-refractivity contribution in [3.8, 4) is 0 Å². The van der Waals surface area contributed by atoms with Crippen LogP contribution < -0.4 is 0 Å². The number of rotatable bonds is 9. The van der Waals surface area contributed by atoms with Gasteiger partial charge in [0.05, 0.1) is 12.7 Å². The molecule has 0 saturated heterocycles. The van der Waals surface area contributed by atoms with E-state index in [0.29, 0.717) is 37.0 Å². The van der Waals surface area contributed by atoms with Gasteiger partial charge >= 0.3 is 5.97 Å². The number of hydrogen-bond donors (Lipinski definition) is 1. The summed E-state index contributed by atoms with van der Waals surface area (Å²) in [5, 5.41) is 10.7. The van der Waals surface area contributed by atoms with Crippen molar-refractivity contribution in [1.82, 2.24) is 0 Å². The van der Waals surface area contributed by atoms with E-state index in [0.717, 1.165) is 37.0 Å². The number of hydrogen-bond acceptors (Lipinski definition) is 3. The number of carbonyl (C=O) groups is 1. The van der Waals surface area contributed by atoms with Gasteiger partial charge in [0.25, 0.3) is 0 Å². The van der Waals surface area contributed by atoms with E-state index in [-0.39, 0.29) is 11.4 Å². The molecule has 3 aliphatic rings. The molecule has 180 valence electrons. The Bertz CT molecular complexity index is 595. The molecule has 0 bridgehead atoms. The van der Waals surface area contributed by atoms with Gasteiger partial charge in [-0.05, 0) is 105 Å². The minimum atomic E-state index is -1.07. The van der Waals surface area contributed by atoms with E-state index >= 15 is 0 Å². The fourth-order valence-corrected chi connectivity index (χ4v) is 7.80. The zero-order valence-electron chi connectivity index (χ0n) is 20.5. The summed E-state index contributed by atoms with van der Waals surface area (Å²) in [5.41, 5.74) is -0.812. The average molecular weight is 439 g/mol. The first-order valence-corrected chi connectivity index (χ1v) is 13.1. The van der Waals surface area contributed by atoms with E-state index in [1.54, 1.807) is 0 Å². The largest absolute Gasteiger partial charge is 0.469 e. The van der Waals surface area contributed by atoms with Crippen LogP contribution in [0.25, 0.3) is 0 Å². The smallest absolute Gasteiger partial charge is 0.305 e. The summed E-state index contributed by atoms with van der Waals surface area (Å²) in [5.74, 6) is 3.99. The van der Waals surface area contributed by atoms with Gasteiger partial charge in [-0.15, -0.1) is 0 Å². The topological polar surface area (TPSA) is 46.5 Å². The molecule has 31 heavy (non-hydrogen) atoms. The third-order valence-electron chi connectivity index (χ3n) is 9.97. The van der Waals surface area contributed by atoms with Crippen LogP contribution in [0.2, 0.25) is 0 Å². The summed E-state index contributed by atoms with van der Waals surface area (Å²) in [6.45, 7) is 6.50. The first-order chi connectivity index (χ1) is 14.8. The number of fused-ring (bicyclic) bond motifs is 1. The summed E-state index contributed by atoms with van der Waals surface area (Å²) in [6, 6.07) is 0. The van der Waals surface area contributed by atoms with Crippen LogP contribution in [0.5, 0.6) is 0 Å². The predicted octanol–water partition coefficient (Wildman–Crippen LogP) is 6.72. The van der Waals surface area contributed by atoms with Crippen LogP contribution >= 0.6 is 0 Å². The van der Waals surface area contributed by atoms with Crippen molar-refractivity contribution >= 4 is 5.97 Å². The second kappa shape index (κ2) is 10.5. The highest BCUT2D eigenvalue weighted by molar-refractivity contribution is 5.69. The molecule has 3 fully saturated rings. The van der Waals surface area contributed by atoms with E-state index in [4.69, 9.17) is 4.74 Å². The third kappa shape index (κ3) is 5.47. The van der Waals surface area contributed by atoms with Crippen molar-refractivity contribution in [1.29, 1.82) is 0 Å². The van der Waals surface area contributed by atoms with Gasteiger partial charge in [0.2, 0.25) is 0 Å². The van der Waals surface area contributed by atoms with Crippen LogP contribution in [0.1, 0.15) is 104 Å². The standard InChI is InChI=1S/C27H47FO3/c1-5-6-7-24-23(12-11-22-17-27(30,18-28)15-14-26(22,24)3)21-10-9-20(16-21)19(2)8-13-25(29)31-4/h19-24,30H,5-18H2,1-4H3. The van der Waals surface area contributed by atoms with Crippen LogP contribution in [0, 0.1) is 40.9 Å². The molecule has 0 aliphatic heterocycles. The number of carbonyl (C=O) groups excluding carboxylic acids is 1. The van der Waals surface area contributed by atoms with Gasteiger partial charge in [0.15, 0.2) is 0 Å². The molecule has 0 heterocycles. The number of aliphatic hydroxyl groups is 1. The Morgan fingerprint density at radius 2 is 2.00 bits per heavy atom. The SMILES string of the molecule is CCCCC1C(C2CCC(C(C)CCC(=O)OC)C2)CCC2CC(O)(CF)CCC21C. The minimum absolute atomic E-state index is 0.0854. The number of halogens is 1.